The molecule has 0 aromatic heterocycles. The van der Waals surface area contributed by atoms with Gasteiger partial charge in [-0.25, -0.2) is 14.6 Å². The molecule has 0 fully saturated rings. The molecule has 1 heterocycles. The van der Waals surface area contributed by atoms with E-state index in [1.54, 1.807) is 49.4 Å². The van der Waals surface area contributed by atoms with Crippen LogP contribution in [0.1, 0.15) is 12.5 Å². The lowest BCUT2D eigenvalue weighted by Crippen LogP contribution is -2.13. The van der Waals surface area contributed by atoms with Gasteiger partial charge in [0.25, 0.3) is 0 Å². The summed E-state index contributed by atoms with van der Waals surface area (Å²) in [6.07, 6.45) is 1.67. The molecule has 8 heteroatoms. The Morgan fingerprint density at radius 3 is 2.52 bits per heavy atom. The van der Waals surface area contributed by atoms with Crippen LogP contribution in [-0.2, 0) is 19.1 Å². The fourth-order valence-electron chi connectivity index (χ4n) is 2.68. The van der Waals surface area contributed by atoms with Gasteiger partial charge in [-0.15, -0.1) is 0 Å². The minimum atomic E-state index is -0.652. The molecule has 0 atom stereocenters. The molecule has 0 radical (unpaired) electrons. The Balaban J connectivity index is 1.98. The lowest BCUT2D eigenvalue weighted by atomic mass is 10.1. The van der Waals surface area contributed by atoms with Gasteiger partial charge in [-0.2, -0.15) is 0 Å². The van der Waals surface area contributed by atoms with Gasteiger partial charge in [-0.3, -0.25) is 0 Å². The summed E-state index contributed by atoms with van der Waals surface area (Å²) in [7, 11) is 1.28. The van der Waals surface area contributed by atoms with Gasteiger partial charge in [0.2, 0.25) is 0 Å². The molecule has 1 N–H and O–H groups in total. The largest absolute Gasteiger partial charge is 0.506 e. The van der Waals surface area contributed by atoms with Gasteiger partial charge in [0.15, 0.2) is 6.61 Å². The monoisotopic (exact) mass is 439 g/mol. The number of hydrogen-bond donors (Lipinski definition) is 1. The standard InChI is InChI=1S/C23H21NO6S/c1-3-29-23(27)20-21(26)18(31-22(20)24-16-10-5-4-6-11-16)13-15-9-7-8-12-17(15)30-14-19(25)28-2/h4-13,26H,3,14H2,1-2H3/b18-13-,24-22?. The Labute approximate surface area is 184 Å². The predicted octanol–water partition coefficient (Wildman–Crippen LogP) is 4.43. The summed E-state index contributed by atoms with van der Waals surface area (Å²) in [5.41, 5.74) is 1.27. The molecular weight excluding hydrogens is 418 g/mol. The third-order valence-electron chi connectivity index (χ3n) is 4.14. The summed E-state index contributed by atoms with van der Waals surface area (Å²) in [6.45, 7) is 1.61. The van der Waals surface area contributed by atoms with Gasteiger partial charge < -0.3 is 19.3 Å². The van der Waals surface area contributed by atoms with Gasteiger partial charge in [0.1, 0.15) is 22.1 Å². The number of carbonyl (C=O) groups is 2. The van der Waals surface area contributed by atoms with Crippen LogP contribution in [0.5, 0.6) is 5.75 Å². The highest BCUT2D eigenvalue weighted by Crippen LogP contribution is 2.41. The smallest absolute Gasteiger partial charge is 0.344 e. The molecule has 1 aliphatic heterocycles. The Hall–Kier alpha value is -3.52. The van der Waals surface area contributed by atoms with Crippen LogP contribution in [0, 0.1) is 0 Å². The van der Waals surface area contributed by atoms with Crippen molar-refractivity contribution in [2.24, 2.45) is 4.99 Å². The molecule has 0 aliphatic carbocycles. The van der Waals surface area contributed by atoms with E-state index in [9.17, 15) is 14.7 Å². The number of aliphatic hydroxyl groups excluding tert-OH is 1. The fraction of sp³-hybridized carbons (Fsp3) is 0.174. The van der Waals surface area contributed by atoms with E-state index < -0.39 is 11.9 Å². The Morgan fingerprint density at radius 2 is 1.81 bits per heavy atom. The zero-order valence-corrected chi connectivity index (χ0v) is 17.8. The molecule has 7 nitrogen and oxygen atoms in total. The van der Waals surface area contributed by atoms with Crippen molar-refractivity contribution in [1.82, 2.24) is 0 Å². The number of nitrogens with zero attached hydrogens (tertiary/aromatic N) is 1. The van der Waals surface area contributed by atoms with E-state index in [-0.39, 0.29) is 24.5 Å². The average molecular weight is 439 g/mol. The first kappa shape index (κ1) is 22.2. The first-order chi connectivity index (χ1) is 15.0. The number of hydrogen-bond acceptors (Lipinski definition) is 8. The van der Waals surface area contributed by atoms with E-state index in [1.807, 2.05) is 18.2 Å². The summed E-state index contributed by atoms with van der Waals surface area (Å²) in [5.74, 6) is -0.955. The summed E-state index contributed by atoms with van der Waals surface area (Å²) < 4.78 is 15.2. The van der Waals surface area contributed by atoms with Crippen molar-refractivity contribution in [3.05, 3.63) is 76.4 Å². The SMILES string of the molecule is CCOC(=O)C1=C(O)/C(=C/c2ccccc2OCC(=O)OC)SC1=Nc1ccccc1. The van der Waals surface area contributed by atoms with Gasteiger partial charge in [-0.05, 0) is 31.2 Å². The summed E-state index contributed by atoms with van der Waals surface area (Å²) in [5, 5.41) is 11.1. The number of para-hydroxylation sites is 2. The van der Waals surface area contributed by atoms with Gasteiger partial charge in [0, 0.05) is 5.56 Å². The number of carbonyl (C=O) groups excluding carboxylic acids is 2. The van der Waals surface area contributed by atoms with Gasteiger partial charge in [-0.1, -0.05) is 48.2 Å². The second-order valence-corrected chi connectivity index (χ2v) is 7.24. The molecular formula is C23H21NO6S. The van der Waals surface area contributed by atoms with Crippen LogP contribution < -0.4 is 4.74 Å². The van der Waals surface area contributed by atoms with E-state index in [0.29, 0.717) is 26.9 Å². The molecule has 1 aliphatic rings. The van der Waals surface area contributed by atoms with Crippen molar-refractivity contribution in [1.29, 1.82) is 0 Å². The van der Waals surface area contributed by atoms with Crippen LogP contribution >= 0.6 is 11.8 Å². The van der Waals surface area contributed by atoms with E-state index in [1.165, 1.54) is 7.11 Å². The molecule has 0 saturated heterocycles. The quantitative estimate of drug-likeness (QED) is 0.638. The Morgan fingerprint density at radius 1 is 1.10 bits per heavy atom. The maximum Gasteiger partial charge on any atom is 0.344 e. The number of thioether (sulfide) groups is 1. The van der Waals surface area contributed by atoms with Gasteiger partial charge >= 0.3 is 11.9 Å². The molecule has 0 bridgehead atoms. The van der Waals surface area contributed by atoms with Gasteiger partial charge in [0.05, 0.1) is 24.3 Å². The molecule has 3 rings (SSSR count). The second-order valence-electron chi connectivity index (χ2n) is 6.21. The van der Waals surface area contributed by atoms with Crippen LogP contribution in [0.2, 0.25) is 0 Å². The third-order valence-corrected chi connectivity index (χ3v) is 5.16. The predicted molar refractivity (Wildman–Crippen MR) is 119 cm³/mol. The number of benzene rings is 2. The molecule has 0 amide bonds. The summed E-state index contributed by atoms with van der Waals surface area (Å²) in [6, 6.07) is 16.1. The number of aliphatic hydroxyl groups is 1. The molecule has 31 heavy (non-hydrogen) atoms. The molecule has 160 valence electrons. The van der Waals surface area contributed by atoms with Crippen molar-refractivity contribution in [3.63, 3.8) is 0 Å². The highest BCUT2D eigenvalue weighted by atomic mass is 32.2. The summed E-state index contributed by atoms with van der Waals surface area (Å²) >= 11 is 1.15. The zero-order valence-electron chi connectivity index (χ0n) is 17.0. The van der Waals surface area contributed by atoms with Crippen LogP contribution in [-0.4, -0.2) is 42.4 Å². The maximum absolute atomic E-state index is 12.5. The van der Waals surface area contributed by atoms with Crippen LogP contribution in [0.15, 0.2) is 75.8 Å². The number of rotatable bonds is 7. The van der Waals surface area contributed by atoms with Crippen molar-refractivity contribution in [3.8, 4) is 5.75 Å². The zero-order chi connectivity index (χ0) is 22.2. The second kappa shape index (κ2) is 10.5. The van der Waals surface area contributed by atoms with Crippen molar-refractivity contribution in [2.45, 2.75) is 6.92 Å². The average Bonchev–Trinajstić information content (AvgIpc) is 3.08. The highest BCUT2D eigenvalue weighted by molar-refractivity contribution is 8.18. The van der Waals surface area contributed by atoms with Crippen molar-refractivity contribution < 1.29 is 28.9 Å². The maximum atomic E-state index is 12.5. The number of ether oxygens (including phenoxy) is 3. The van der Waals surface area contributed by atoms with Crippen LogP contribution in [0.4, 0.5) is 5.69 Å². The molecule has 2 aromatic carbocycles. The molecule has 0 spiro atoms. The van der Waals surface area contributed by atoms with E-state index >= 15 is 0 Å². The van der Waals surface area contributed by atoms with E-state index in [2.05, 4.69) is 9.73 Å². The number of methoxy groups -OCH3 is 1. The highest BCUT2D eigenvalue weighted by Gasteiger charge is 2.33. The van der Waals surface area contributed by atoms with Crippen molar-refractivity contribution in [2.75, 3.05) is 20.3 Å². The minimum Gasteiger partial charge on any atom is -0.506 e. The Kier molecular flexibility index (Phi) is 7.50. The molecule has 2 aromatic rings. The lowest BCUT2D eigenvalue weighted by molar-refractivity contribution is -0.143. The third kappa shape index (κ3) is 5.55. The normalized spacial score (nSPS) is 15.9. The fourth-order valence-corrected chi connectivity index (χ4v) is 3.71. The first-order valence-corrected chi connectivity index (χ1v) is 10.3. The van der Waals surface area contributed by atoms with E-state index in [4.69, 9.17) is 9.47 Å². The number of esters is 2. The lowest BCUT2D eigenvalue weighted by Gasteiger charge is -2.08. The summed E-state index contributed by atoms with van der Waals surface area (Å²) in [4.78, 5) is 28.8. The Bertz CT molecular complexity index is 1060. The van der Waals surface area contributed by atoms with E-state index in [0.717, 1.165) is 11.8 Å². The molecule has 0 saturated carbocycles. The topological polar surface area (TPSA) is 94.4 Å². The van der Waals surface area contributed by atoms with Crippen LogP contribution in [0.25, 0.3) is 6.08 Å². The number of aliphatic imine (C=N–C) groups is 1. The van der Waals surface area contributed by atoms with Crippen molar-refractivity contribution >= 4 is 40.5 Å². The minimum absolute atomic E-state index is 0.00918. The van der Waals surface area contributed by atoms with Crippen LogP contribution in [0.3, 0.4) is 0 Å². The molecule has 0 unspecified atom stereocenters. The first-order valence-electron chi connectivity index (χ1n) is 9.46.